The number of aryl methyl sites for hydroxylation is 1. The van der Waals surface area contributed by atoms with Gasteiger partial charge in [-0.1, -0.05) is 103 Å². The molecule has 0 saturated heterocycles. The van der Waals surface area contributed by atoms with E-state index in [1.54, 1.807) is 29.2 Å². The lowest BCUT2D eigenvalue weighted by molar-refractivity contribution is -0.136. The van der Waals surface area contributed by atoms with Gasteiger partial charge in [0.2, 0.25) is 5.91 Å². The number of hydrogen-bond acceptors (Lipinski definition) is 3. The van der Waals surface area contributed by atoms with Gasteiger partial charge in [0.1, 0.15) is 6.04 Å². The van der Waals surface area contributed by atoms with E-state index in [2.05, 4.69) is 0 Å². The van der Waals surface area contributed by atoms with Crippen molar-refractivity contribution in [2.75, 3.05) is 0 Å². The minimum atomic E-state index is -0.971. The van der Waals surface area contributed by atoms with E-state index in [1.165, 1.54) is 4.90 Å². The zero-order valence-corrected chi connectivity index (χ0v) is 20.7. The van der Waals surface area contributed by atoms with Gasteiger partial charge in [0.05, 0.1) is 11.1 Å². The van der Waals surface area contributed by atoms with Crippen LogP contribution in [-0.2, 0) is 24.3 Å². The van der Waals surface area contributed by atoms with E-state index >= 15 is 0 Å². The molecule has 1 atom stereocenters. The van der Waals surface area contributed by atoms with Crippen molar-refractivity contribution in [3.8, 4) is 0 Å². The average molecular weight is 489 g/mol. The Balaban J connectivity index is 1.54. The molecule has 5 rings (SSSR count). The third-order valence-electron chi connectivity index (χ3n) is 6.68. The Morgan fingerprint density at radius 2 is 1.16 bits per heavy atom. The first-order valence-corrected chi connectivity index (χ1v) is 12.4. The van der Waals surface area contributed by atoms with Crippen molar-refractivity contribution in [1.29, 1.82) is 0 Å². The molecule has 0 fully saturated rings. The summed E-state index contributed by atoms with van der Waals surface area (Å²) in [6, 6.07) is 33.2. The lowest BCUT2D eigenvalue weighted by Gasteiger charge is -2.32. The van der Waals surface area contributed by atoms with Crippen LogP contribution in [0.4, 0.5) is 0 Å². The lowest BCUT2D eigenvalue weighted by Crippen LogP contribution is -2.51. The number of hydrogen-bond donors (Lipinski definition) is 0. The Labute approximate surface area is 217 Å². The lowest BCUT2D eigenvalue weighted by atomic mass is 10.0. The van der Waals surface area contributed by atoms with Gasteiger partial charge >= 0.3 is 0 Å². The summed E-state index contributed by atoms with van der Waals surface area (Å²) >= 11 is 0. The normalized spacial score (nSPS) is 13.4. The highest BCUT2D eigenvalue weighted by atomic mass is 16.2. The third-order valence-corrected chi connectivity index (χ3v) is 6.68. The minimum absolute atomic E-state index is 0.242. The molecule has 3 amide bonds. The molecule has 1 aliphatic heterocycles. The topological polar surface area (TPSA) is 57.7 Å². The second-order valence-corrected chi connectivity index (χ2v) is 9.40. The first-order valence-electron chi connectivity index (χ1n) is 12.4. The number of rotatable bonds is 8. The Kier molecular flexibility index (Phi) is 6.95. The molecule has 1 aliphatic rings. The van der Waals surface area contributed by atoms with E-state index in [4.69, 9.17) is 0 Å². The highest BCUT2D eigenvalue weighted by Crippen LogP contribution is 2.28. The van der Waals surface area contributed by atoms with E-state index in [0.717, 1.165) is 22.3 Å². The van der Waals surface area contributed by atoms with Crippen molar-refractivity contribution in [2.45, 2.75) is 32.5 Å². The summed E-state index contributed by atoms with van der Waals surface area (Å²) in [5.74, 6) is -1.11. The molecule has 0 bridgehead atoms. The van der Waals surface area contributed by atoms with Gasteiger partial charge in [-0.05, 0) is 35.7 Å². The second-order valence-electron chi connectivity index (χ2n) is 9.40. The predicted octanol–water partition coefficient (Wildman–Crippen LogP) is 5.43. The second kappa shape index (κ2) is 10.6. The highest BCUT2D eigenvalue weighted by Gasteiger charge is 2.43. The van der Waals surface area contributed by atoms with Crippen LogP contribution in [0.5, 0.6) is 0 Å². The Bertz CT molecular complexity index is 1360. The standard InChI is InChI=1S/C32H28N2O3/c1-23-11-10-16-26(19-23)20-29(34-30(35)27-17-8-9-18-28(27)31(34)36)32(37)33(21-24-12-4-2-5-13-24)22-25-14-6-3-7-15-25/h2-19,29H,20-22H2,1H3. The predicted molar refractivity (Wildman–Crippen MR) is 143 cm³/mol. The van der Waals surface area contributed by atoms with Gasteiger partial charge in [-0.25, -0.2) is 0 Å². The monoisotopic (exact) mass is 488 g/mol. The summed E-state index contributed by atoms with van der Waals surface area (Å²) in [6.45, 7) is 2.71. The van der Waals surface area contributed by atoms with Gasteiger partial charge in [-0.3, -0.25) is 19.3 Å². The van der Waals surface area contributed by atoms with Gasteiger partial charge in [-0.15, -0.1) is 0 Å². The number of amides is 3. The maximum atomic E-state index is 14.4. The van der Waals surface area contributed by atoms with Crippen molar-refractivity contribution >= 4 is 17.7 Å². The van der Waals surface area contributed by atoms with Crippen LogP contribution in [-0.4, -0.2) is 33.6 Å². The Morgan fingerprint density at radius 1 is 0.676 bits per heavy atom. The van der Waals surface area contributed by atoms with E-state index < -0.39 is 17.9 Å². The summed E-state index contributed by atoms with van der Waals surface area (Å²) in [7, 11) is 0. The molecule has 0 aromatic heterocycles. The van der Waals surface area contributed by atoms with E-state index in [1.807, 2.05) is 91.9 Å². The van der Waals surface area contributed by atoms with Crippen molar-refractivity contribution in [3.05, 3.63) is 143 Å². The van der Waals surface area contributed by atoms with Crippen LogP contribution in [0.25, 0.3) is 0 Å². The SMILES string of the molecule is Cc1cccc(CC(C(=O)N(Cc2ccccc2)Cc2ccccc2)N2C(=O)c3ccccc3C2=O)c1. The fraction of sp³-hybridized carbons (Fsp3) is 0.156. The van der Waals surface area contributed by atoms with Crippen molar-refractivity contribution in [2.24, 2.45) is 0 Å². The molecule has 4 aromatic rings. The summed E-state index contributed by atoms with van der Waals surface area (Å²) in [4.78, 5) is 44.2. The fourth-order valence-corrected chi connectivity index (χ4v) is 4.87. The van der Waals surface area contributed by atoms with Crippen LogP contribution < -0.4 is 0 Å². The Morgan fingerprint density at radius 3 is 1.68 bits per heavy atom. The molecule has 5 nitrogen and oxygen atoms in total. The van der Waals surface area contributed by atoms with Crippen LogP contribution in [0.2, 0.25) is 0 Å². The quantitative estimate of drug-likeness (QED) is 0.311. The summed E-state index contributed by atoms with van der Waals surface area (Å²) in [5.41, 5.74) is 4.58. The Hall–Kier alpha value is -4.51. The van der Waals surface area contributed by atoms with Crippen LogP contribution in [0, 0.1) is 6.92 Å². The average Bonchev–Trinajstić information content (AvgIpc) is 3.17. The van der Waals surface area contributed by atoms with Gasteiger partial charge in [0, 0.05) is 19.5 Å². The largest absolute Gasteiger partial charge is 0.332 e. The molecule has 1 unspecified atom stereocenters. The molecule has 184 valence electrons. The van der Waals surface area contributed by atoms with Crippen LogP contribution in [0.15, 0.2) is 109 Å². The molecule has 0 saturated carbocycles. The fourth-order valence-electron chi connectivity index (χ4n) is 4.87. The van der Waals surface area contributed by atoms with E-state index in [0.29, 0.717) is 24.2 Å². The van der Waals surface area contributed by atoms with Crippen molar-refractivity contribution in [3.63, 3.8) is 0 Å². The molecule has 0 spiro atoms. The number of imide groups is 1. The molecule has 1 heterocycles. The number of fused-ring (bicyclic) bond motifs is 1. The maximum Gasteiger partial charge on any atom is 0.262 e. The smallest absolute Gasteiger partial charge is 0.262 e. The van der Waals surface area contributed by atoms with Gasteiger partial charge in [0.25, 0.3) is 11.8 Å². The van der Waals surface area contributed by atoms with E-state index in [9.17, 15) is 14.4 Å². The molecule has 37 heavy (non-hydrogen) atoms. The number of carbonyl (C=O) groups is 3. The number of nitrogens with zero attached hydrogens (tertiary/aromatic N) is 2. The molecule has 5 heteroatoms. The molecule has 0 N–H and O–H groups in total. The molecular weight excluding hydrogens is 460 g/mol. The molecule has 0 aliphatic carbocycles. The minimum Gasteiger partial charge on any atom is -0.332 e. The van der Waals surface area contributed by atoms with Gasteiger partial charge < -0.3 is 4.90 Å². The first-order chi connectivity index (χ1) is 18.0. The van der Waals surface area contributed by atoms with Crippen LogP contribution in [0.3, 0.4) is 0 Å². The third kappa shape index (κ3) is 5.21. The van der Waals surface area contributed by atoms with E-state index in [-0.39, 0.29) is 12.3 Å². The summed E-state index contributed by atoms with van der Waals surface area (Å²) in [6.07, 6.45) is 0.242. The van der Waals surface area contributed by atoms with Crippen LogP contribution >= 0.6 is 0 Å². The van der Waals surface area contributed by atoms with Crippen LogP contribution in [0.1, 0.15) is 43.0 Å². The summed E-state index contributed by atoms with van der Waals surface area (Å²) in [5, 5.41) is 0. The molecule has 0 radical (unpaired) electrons. The maximum absolute atomic E-state index is 14.4. The van der Waals surface area contributed by atoms with Gasteiger partial charge in [-0.2, -0.15) is 0 Å². The van der Waals surface area contributed by atoms with Crippen molar-refractivity contribution in [1.82, 2.24) is 9.80 Å². The highest BCUT2D eigenvalue weighted by molar-refractivity contribution is 6.22. The zero-order chi connectivity index (χ0) is 25.8. The number of benzene rings is 4. The van der Waals surface area contributed by atoms with Gasteiger partial charge in [0.15, 0.2) is 0 Å². The summed E-state index contributed by atoms with van der Waals surface area (Å²) < 4.78 is 0. The molecular formula is C32H28N2O3. The molecule has 4 aromatic carbocycles. The first kappa shape index (κ1) is 24.2. The zero-order valence-electron chi connectivity index (χ0n) is 20.7. The number of carbonyl (C=O) groups excluding carboxylic acids is 3. The van der Waals surface area contributed by atoms with Crippen molar-refractivity contribution < 1.29 is 14.4 Å².